The number of aromatic nitrogens is 3. The van der Waals surface area contributed by atoms with E-state index in [2.05, 4.69) is 27.6 Å². The fourth-order valence-electron chi connectivity index (χ4n) is 3.08. The molecule has 108 valence electrons. The first-order valence-electron chi connectivity index (χ1n) is 7.37. The van der Waals surface area contributed by atoms with E-state index in [4.69, 9.17) is 5.84 Å². The lowest BCUT2D eigenvalue weighted by molar-refractivity contribution is 0.327. The summed E-state index contributed by atoms with van der Waals surface area (Å²) in [5.74, 6) is 7.76. The molecule has 2 atom stereocenters. The van der Waals surface area contributed by atoms with Crippen LogP contribution in [-0.2, 0) is 0 Å². The van der Waals surface area contributed by atoms with Crippen molar-refractivity contribution in [3.63, 3.8) is 0 Å². The molecular formula is C14H22N6. The number of nitrogens with zero attached hydrogens (tertiary/aromatic N) is 3. The predicted molar refractivity (Wildman–Crippen MR) is 80.5 cm³/mol. The number of hydrazine groups is 1. The number of nitrogen functional groups attached to an aromatic ring is 1. The van der Waals surface area contributed by atoms with Gasteiger partial charge >= 0.3 is 0 Å². The second-order valence-electron chi connectivity index (χ2n) is 5.56. The van der Waals surface area contributed by atoms with E-state index in [-0.39, 0.29) is 0 Å². The molecule has 0 radical (unpaired) electrons. The second-order valence-corrected chi connectivity index (χ2v) is 5.56. The van der Waals surface area contributed by atoms with Crippen LogP contribution in [-0.4, -0.2) is 20.4 Å². The van der Waals surface area contributed by atoms with Crippen molar-refractivity contribution in [1.29, 1.82) is 0 Å². The third-order valence-corrected chi connectivity index (χ3v) is 4.22. The molecule has 1 aliphatic carbocycles. The maximum absolute atomic E-state index is 5.48. The van der Waals surface area contributed by atoms with Crippen molar-refractivity contribution in [2.45, 2.75) is 45.1 Å². The number of imidazole rings is 1. The van der Waals surface area contributed by atoms with E-state index >= 15 is 0 Å². The summed E-state index contributed by atoms with van der Waals surface area (Å²) in [6.45, 7) is 2.27. The summed E-state index contributed by atoms with van der Waals surface area (Å²) in [6, 6.07) is 0.481. The van der Waals surface area contributed by atoms with Crippen LogP contribution in [0.25, 0.3) is 5.65 Å². The second kappa shape index (κ2) is 5.66. The third-order valence-electron chi connectivity index (χ3n) is 4.22. The number of nitrogens with two attached hydrogens (primary N) is 1. The number of hydrogen-bond acceptors (Lipinski definition) is 5. The van der Waals surface area contributed by atoms with Gasteiger partial charge in [0.05, 0.1) is 6.20 Å². The van der Waals surface area contributed by atoms with E-state index in [0.29, 0.717) is 11.9 Å². The highest BCUT2D eigenvalue weighted by molar-refractivity contribution is 5.65. The van der Waals surface area contributed by atoms with Crippen LogP contribution in [0.1, 0.15) is 39.0 Å². The highest BCUT2D eigenvalue weighted by Crippen LogP contribution is 2.29. The summed E-state index contributed by atoms with van der Waals surface area (Å²) in [5.41, 5.74) is 3.46. The van der Waals surface area contributed by atoms with E-state index in [9.17, 15) is 0 Å². The summed E-state index contributed by atoms with van der Waals surface area (Å²) >= 11 is 0. The molecule has 1 fully saturated rings. The van der Waals surface area contributed by atoms with Crippen molar-refractivity contribution in [1.82, 2.24) is 14.4 Å². The number of fused-ring (bicyclic) bond motifs is 1. The highest BCUT2D eigenvalue weighted by atomic mass is 15.3. The number of anilines is 2. The zero-order chi connectivity index (χ0) is 13.9. The molecule has 6 nitrogen and oxygen atoms in total. The highest BCUT2D eigenvalue weighted by Gasteiger charge is 2.22. The van der Waals surface area contributed by atoms with Gasteiger partial charge in [-0.2, -0.15) is 0 Å². The molecule has 0 aromatic carbocycles. The lowest BCUT2D eigenvalue weighted by Crippen LogP contribution is -2.28. The minimum Gasteiger partial charge on any atom is -0.364 e. The first-order chi connectivity index (χ1) is 9.80. The largest absolute Gasteiger partial charge is 0.364 e. The topological polar surface area (TPSA) is 80.3 Å². The minimum absolute atomic E-state index is 0.481. The minimum atomic E-state index is 0.481. The van der Waals surface area contributed by atoms with Crippen molar-refractivity contribution in [2.75, 3.05) is 10.7 Å². The van der Waals surface area contributed by atoms with Gasteiger partial charge in [0.2, 0.25) is 0 Å². The van der Waals surface area contributed by atoms with Gasteiger partial charge in [-0.3, -0.25) is 0 Å². The molecule has 20 heavy (non-hydrogen) atoms. The van der Waals surface area contributed by atoms with Crippen molar-refractivity contribution in [3.8, 4) is 0 Å². The van der Waals surface area contributed by atoms with Crippen LogP contribution < -0.4 is 16.6 Å². The Morgan fingerprint density at radius 3 is 3.15 bits per heavy atom. The Morgan fingerprint density at radius 1 is 1.45 bits per heavy atom. The van der Waals surface area contributed by atoms with Gasteiger partial charge in [0, 0.05) is 18.4 Å². The number of nitrogens with one attached hydrogen (secondary N) is 2. The lowest BCUT2D eigenvalue weighted by Gasteiger charge is -2.29. The molecule has 0 aliphatic heterocycles. The SMILES string of the molecule is CCC1CCCC(Nc2nc(NN)cn3ccnc23)C1. The Morgan fingerprint density at radius 2 is 2.35 bits per heavy atom. The van der Waals surface area contributed by atoms with E-state index in [1.54, 1.807) is 6.20 Å². The average molecular weight is 274 g/mol. The summed E-state index contributed by atoms with van der Waals surface area (Å²) in [6.07, 6.45) is 11.8. The van der Waals surface area contributed by atoms with Gasteiger partial charge in [0.15, 0.2) is 17.3 Å². The van der Waals surface area contributed by atoms with Gasteiger partial charge in [-0.1, -0.05) is 26.2 Å². The normalized spacial score (nSPS) is 22.9. The molecule has 0 bridgehead atoms. The fraction of sp³-hybridized carbons (Fsp3) is 0.571. The molecular weight excluding hydrogens is 252 g/mol. The Bertz CT molecular complexity index is 578. The van der Waals surface area contributed by atoms with Gasteiger partial charge in [0.25, 0.3) is 0 Å². The Hall–Kier alpha value is -1.82. The molecule has 4 N–H and O–H groups in total. The molecule has 2 unspecified atom stereocenters. The maximum atomic E-state index is 5.48. The molecule has 1 aliphatic rings. The predicted octanol–water partition coefficient (Wildman–Crippen LogP) is 2.40. The van der Waals surface area contributed by atoms with E-state index in [1.807, 2.05) is 16.8 Å². The van der Waals surface area contributed by atoms with Gasteiger partial charge in [0.1, 0.15) is 0 Å². The van der Waals surface area contributed by atoms with Crippen LogP contribution in [0.4, 0.5) is 11.6 Å². The zero-order valence-corrected chi connectivity index (χ0v) is 11.8. The Labute approximate surface area is 118 Å². The summed E-state index contributed by atoms with van der Waals surface area (Å²) < 4.78 is 1.94. The van der Waals surface area contributed by atoms with Crippen LogP contribution in [0.2, 0.25) is 0 Å². The van der Waals surface area contributed by atoms with Crippen molar-refractivity contribution in [3.05, 3.63) is 18.6 Å². The molecule has 3 rings (SSSR count). The number of hydrogen-bond donors (Lipinski definition) is 3. The first-order valence-corrected chi connectivity index (χ1v) is 7.37. The molecule has 1 saturated carbocycles. The zero-order valence-electron chi connectivity index (χ0n) is 11.8. The maximum Gasteiger partial charge on any atom is 0.180 e. The average Bonchev–Trinajstić information content (AvgIpc) is 2.96. The molecule has 0 saturated heterocycles. The first kappa shape index (κ1) is 13.2. The van der Waals surface area contributed by atoms with Crippen LogP contribution >= 0.6 is 0 Å². The van der Waals surface area contributed by atoms with Gasteiger partial charge < -0.3 is 15.1 Å². The summed E-state index contributed by atoms with van der Waals surface area (Å²) in [7, 11) is 0. The van der Waals surface area contributed by atoms with Gasteiger partial charge in [-0.25, -0.2) is 15.8 Å². The smallest absolute Gasteiger partial charge is 0.180 e. The van der Waals surface area contributed by atoms with Gasteiger partial charge in [-0.05, 0) is 18.8 Å². The van der Waals surface area contributed by atoms with Crippen LogP contribution in [0.5, 0.6) is 0 Å². The molecule has 0 amide bonds. The number of rotatable bonds is 4. The molecule has 6 heteroatoms. The van der Waals surface area contributed by atoms with Crippen molar-refractivity contribution >= 4 is 17.3 Å². The third kappa shape index (κ3) is 2.56. The standard InChI is InChI=1S/C14H22N6/c1-2-10-4-3-5-11(8-10)17-13-14-16-6-7-20(14)9-12(18-13)19-15/h6-7,9-11,19H,2-5,8,15H2,1H3,(H,17,18). The monoisotopic (exact) mass is 274 g/mol. The quantitative estimate of drug-likeness (QED) is 0.589. The van der Waals surface area contributed by atoms with E-state index in [1.165, 1.54) is 32.1 Å². The van der Waals surface area contributed by atoms with E-state index in [0.717, 1.165) is 17.4 Å². The molecule has 0 spiro atoms. The van der Waals surface area contributed by atoms with Crippen LogP contribution in [0, 0.1) is 5.92 Å². The molecule has 2 aromatic heterocycles. The van der Waals surface area contributed by atoms with Crippen molar-refractivity contribution < 1.29 is 0 Å². The Balaban J connectivity index is 1.84. The van der Waals surface area contributed by atoms with Crippen molar-refractivity contribution in [2.24, 2.45) is 11.8 Å². The van der Waals surface area contributed by atoms with E-state index < -0.39 is 0 Å². The summed E-state index contributed by atoms with van der Waals surface area (Å²) in [5, 5.41) is 3.56. The molecule has 2 aromatic rings. The van der Waals surface area contributed by atoms with Gasteiger partial charge in [-0.15, -0.1) is 0 Å². The fourth-order valence-corrected chi connectivity index (χ4v) is 3.08. The van der Waals surface area contributed by atoms with Crippen LogP contribution in [0.15, 0.2) is 18.6 Å². The summed E-state index contributed by atoms with van der Waals surface area (Å²) in [4.78, 5) is 8.87. The Kier molecular flexibility index (Phi) is 3.73. The van der Waals surface area contributed by atoms with Crippen LogP contribution in [0.3, 0.4) is 0 Å². The lowest BCUT2D eigenvalue weighted by atomic mass is 9.84. The molecule has 2 heterocycles.